The van der Waals surface area contributed by atoms with Crippen LogP contribution < -0.4 is 10.8 Å². The average molecular weight is 483 g/mol. The highest BCUT2D eigenvalue weighted by Gasteiger charge is 2.11. The third-order valence-corrected chi connectivity index (χ3v) is 5.98. The first-order valence-corrected chi connectivity index (χ1v) is 12.7. The van der Waals surface area contributed by atoms with Gasteiger partial charge in [0, 0.05) is 23.1 Å². The molecule has 0 spiro atoms. The topological polar surface area (TPSA) is 78.4 Å². The molecule has 0 unspecified atom stereocenters. The molecule has 170 valence electrons. The van der Waals surface area contributed by atoms with Gasteiger partial charge >= 0.3 is 0 Å². The Morgan fingerprint density at radius 2 is 1.33 bits per heavy atom. The average Bonchev–Trinajstić information content (AvgIpc) is 2.78. The number of nitrogens with one attached hydrogen (secondary N) is 2. The van der Waals surface area contributed by atoms with Crippen LogP contribution in [0.3, 0.4) is 0 Å². The molecule has 0 heterocycles. The van der Waals surface area contributed by atoms with E-state index in [1.165, 1.54) is 83.5 Å². The van der Waals surface area contributed by atoms with Gasteiger partial charge in [0.25, 0.3) is 5.91 Å². The lowest BCUT2D eigenvalue weighted by Gasteiger charge is -2.09. The Labute approximate surface area is 190 Å². The number of aldehydes is 1. The van der Waals surface area contributed by atoms with Crippen LogP contribution in [0.4, 0.5) is 5.69 Å². The molecule has 3 N–H and O–H groups in total. The summed E-state index contributed by atoms with van der Waals surface area (Å²) >= 11 is 3.48. The second-order valence-electron chi connectivity index (χ2n) is 7.93. The van der Waals surface area contributed by atoms with E-state index < -0.39 is 5.91 Å². The fraction of sp³-hybridized carbons (Fsp3) is 0.667. The van der Waals surface area contributed by atoms with E-state index in [1.54, 1.807) is 23.7 Å². The normalized spacial score (nSPS) is 10.7. The lowest BCUT2D eigenvalue weighted by molar-refractivity contribution is 0.0704. The van der Waals surface area contributed by atoms with Gasteiger partial charge in [-0.2, -0.15) is 0 Å². The summed E-state index contributed by atoms with van der Waals surface area (Å²) in [5.74, 6) is -0.675. The lowest BCUT2D eigenvalue weighted by atomic mass is 10.0. The standard InChI is InChI=1S/C24H39BrN2O3/c25-17-13-11-9-7-5-3-1-2-4-6-8-10-12-14-18-26-22-16-15-21(20-28)23(19-22)24(29)27-30/h15-16,19-20,26,30H,1-14,17-18H2,(H,27,29). The van der Waals surface area contributed by atoms with Crippen LogP contribution in [0.1, 0.15) is 111 Å². The third kappa shape index (κ3) is 12.3. The van der Waals surface area contributed by atoms with E-state index in [0.717, 1.165) is 24.0 Å². The van der Waals surface area contributed by atoms with Gasteiger partial charge < -0.3 is 5.32 Å². The summed E-state index contributed by atoms with van der Waals surface area (Å²) in [5.41, 5.74) is 2.79. The van der Waals surface area contributed by atoms with Crippen molar-refractivity contribution in [1.29, 1.82) is 0 Å². The van der Waals surface area contributed by atoms with Gasteiger partial charge in [0.2, 0.25) is 0 Å². The number of anilines is 1. The quantitative estimate of drug-likeness (QED) is 0.0659. The molecular formula is C24H39BrN2O3. The number of alkyl halides is 1. The molecule has 6 heteroatoms. The smallest absolute Gasteiger partial charge is 0.275 e. The Morgan fingerprint density at radius 3 is 1.80 bits per heavy atom. The first-order chi connectivity index (χ1) is 14.7. The van der Waals surface area contributed by atoms with Gasteiger partial charge in [0.15, 0.2) is 6.29 Å². The number of hydrogen-bond acceptors (Lipinski definition) is 4. The molecule has 1 aromatic rings. The van der Waals surface area contributed by atoms with Crippen molar-refractivity contribution in [3.05, 3.63) is 29.3 Å². The van der Waals surface area contributed by atoms with E-state index in [9.17, 15) is 9.59 Å². The SMILES string of the molecule is O=Cc1ccc(NCCCCCCCCCCCCCCCCBr)cc1C(=O)NO. The Hall–Kier alpha value is -1.40. The Balaban J connectivity index is 1.98. The number of amides is 1. The fourth-order valence-corrected chi connectivity index (χ4v) is 4.00. The van der Waals surface area contributed by atoms with Gasteiger partial charge in [-0.3, -0.25) is 14.8 Å². The second-order valence-corrected chi connectivity index (χ2v) is 8.72. The predicted molar refractivity (Wildman–Crippen MR) is 128 cm³/mol. The first kappa shape index (κ1) is 26.6. The maximum absolute atomic E-state index is 11.6. The van der Waals surface area contributed by atoms with Crippen molar-refractivity contribution < 1.29 is 14.8 Å². The van der Waals surface area contributed by atoms with Gasteiger partial charge in [-0.05, 0) is 31.0 Å². The van der Waals surface area contributed by atoms with Gasteiger partial charge in [0.1, 0.15) is 0 Å². The Bertz CT molecular complexity index is 596. The molecule has 0 bridgehead atoms. The van der Waals surface area contributed by atoms with E-state index in [1.807, 2.05) is 0 Å². The van der Waals surface area contributed by atoms with Crippen molar-refractivity contribution in [3.8, 4) is 0 Å². The number of carbonyl (C=O) groups is 2. The minimum atomic E-state index is -0.675. The number of carbonyl (C=O) groups excluding carboxylic acids is 2. The van der Waals surface area contributed by atoms with Crippen molar-refractivity contribution in [2.24, 2.45) is 0 Å². The molecular weight excluding hydrogens is 444 g/mol. The Morgan fingerprint density at radius 1 is 0.833 bits per heavy atom. The lowest BCUT2D eigenvalue weighted by Crippen LogP contribution is -2.20. The first-order valence-electron chi connectivity index (χ1n) is 11.6. The number of halogens is 1. The van der Waals surface area contributed by atoms with Crippen molar-refractivity contribution in [2.75, 3.05) is 17.2 Å². The van der Waals surface area contributed by atoms with Crippen LogP contribution in [0.5, 0.6) is 0 Å². The van der Waals surface area contributed by atoms with Gasteiger partial charge in [-0.1, -0.05) is 93.0 Å². The third-order valence-electron chi connectivity index (χ3n) is 5.42. The van der Waals surface area contributed by atoms with E-state index in [0.29, 0.717) is 6.29 Å². The summed E-state index contributed by atoms with van der Waals surface area (Å²) in [7, 11) is 0. The van der Waals surface area contributed by atoms with Crippen molar-refractivity contribution >= 4 is 33.8 Å². The summed E-state index contributed by atoms with van der Waals surface area (Å²) in [6.45, 7) is 0.830. The molecule has 0 aliphatic rings. The number of hydroxylamine groups is 1. The summed E-state index contributed by atoms with van der Waals surface area (Å²) in [5, 5.41) is 13.2. The van der Waals surface area contributed by atoms with Crippen LogP contribution in [0, 0.1) is 0 Å². The summed E-state index contributed by atoms with van der Waals surface area (Å²) < 4.78 is 0. The maximum atomic E-state index is 11.6. The molecule has 30 heavy (non-hydrogen) atoms. The fourth-order valence-electron chi connectivity index (χ4n) is 3.60. The van der Waals surface area contributed by atoms with Crippen LogP contribution in [-0.4, -0.2) is 29.3 Å². The number of rotatable bonds is 19. The minimum absolute atomic E-state index is 0.173. The van der Waals surface area contributed by atoms with Crippen molar-refractivity contribution in [1.82, 2.24) is 5.48 Å². The largest absolute Gasteiger partial charge is 0.385 e. The molecule has 0 saturated heterocycles. The highest BCUT2D eigenvalue weighted by molar-refractivity contribution is 9.09. The van der Waals surface area contributed by atoms with E-state index in [4.69, 9.17) is 5.21 Å². The number of unbranched alkanes of at least 4 members (excludes halogenated alkanes) is 13. The molecule has 1 aromatic carbocycles. The zero-order chi connectivity index (χ0) is 21.9. The highest BCUT2D eigenvalue weighted by atomic mass is 79.9. The molecule has 0 aliphatic heterocycles. The monoisotopic (exact) mass is 482 g/mol. The van der Waals surface area contributed by atoms with Gasteiger partial charge in [-0.25, -0.2) is 5.48 Å². The second kappa shape index (κ2) is 18.4. The van der Waals surface area contributed by atoms with E-state index in [-0.39, 0.29) is 11.1 Å². The van der Waals surface area contributed by atoms with Crippen LogP contribution in [0.25, 0.3) is 0 Å². The molecule has 5 nitrogen and oxygen atoms in total. The molecule has 1 amide bonds. The molecule has 0 atom stereocenters. The van der Waals surface area contributed by atoms with E-state index in [2.05, 4.69) is 21.2 Å². The zero-order valence-electron chi connectivity index (χ0n) is 18.3. The van der Waals surface area contributed by atoms with Crippen LogP contribution in [-0.2, 0) is 0 Å². The van der Waals surface area contributed by atoms with Crippen LogP contribution in [0.15, 0.2) is 18.2 Å². The summed E-state index contributed by atoms with van der Waals surface area (Å²) in [6.07, 6.45) is 19.2. The zero-order valence-corrected chi connectivity index (χ0v) is 19.9. The van der Waals surface area contributed by atoms with Gasteiger partial charge in [-0.15, -0.1) is 0 Å². The minimum Gasteiger partial charge on any atom is -0.385 e. The number of hydrogen-bond donors (Lipinski definition) is 3. The molecule has 1 rings (SSSR count). The maximum Gasteiger partial charge on any atom is 0.275 e. The molecule has 0 aliphatic carbocycles. The molecule has 0 radical (unpaired) electrons. The molecule has 0 aromatic heterocycles. The molecule has 0 fully saturated rings. The van der Waals surface area contributed by atoms with Crippen molar-refractivity contribution in [3.63, 3.8) is 0 Å². The Kier molecular flexibility index (Phi) is 16.3. The highest BCUT2D eigenvalue weighted by Crippen LogP contribution is 2.16. The summed E-state index contributed by atoms with van der Waals surface area (Å²) in [4.78, 5) is 22.6. The molecule has 0 saturated carbocycles. The number of benzene rings is 1. The van der Waals surface area contributed by atoms with Crippen LogP contribution in [0.2, 0.25) is 0 Å². The van der Waals surface area contributed by atoms with Crippen molar-refractivity contribution in [2.45, 2.75) is 89.9 Å². The van der Waals surface area contributed by atoms with Gasteiger partial charge in [0.05, 0.1) is 5.56 Å². The van der Waals surface area contributed by atoms with Crippen LogP contribution >= 0.6 is 15.9 Å². The predicted octanol–water partition coefficient (Wildman–Crippen LogP) is 6.89. The van der Waals surface area contributed by atoms with E-state index >= 15 is 0 Å². The summed E-state index contributed by atoms with van der Waals surface area (Å²) in [6, 6.07) is 4.96.